The number of carbonyl (C=O) groups is 4. The zero-order valence-electron chi connectivity index (χ0n) is 64.3. The number of esters is 4. The number of phosphoric acid groups is 2. The number of hydrogen-bond acceptors (Lipinski definition) is 15. The standard InChI is InChI=1S/C83H144O17P2/c1-5-9-13-17-21-25-29-33-36-37-38-39-42-45-48-52-56-60-64-68-81(86)94-74-79(100-83(88)70-66-62-58-54-50-46-41-35-31-27-23-19-15-11-7-3)76-98-102(91,92)96-72-77(84)71-95-101(89,90)97-75-78(99-82(87)69-65-61-57-53-49-43-32-28-24-20-16-12-8-4)73-93-80(85)67-63-59-55-51-47-44-40-34-30-26-22-18-14-10-6-2/h9,13,21,25,27-28,31-34,36,38-40,45,48,56,60,77-79,84H,5-8,10-12,14-20,22-24,26,29-30,35,37,41-44,46-47,49-55,57-59,61-76H2,1-4H3,(H,89,90)(H,91,92)/b13-9-,25-21-,31-27-,32-28-,36-33-,39-38-,40-34-,48-45-,60-56-/t77-,78+,79+/m0/s1. The van der Waals surface area contributed by atoms with Gasteiger partial charge in [-0.05, 0) is 141 Å². The Labute approximate surface area is 619 Å². The van der Waals surface area contributed by atoms with Crippen LogP contribution < -0.4 is 0 Å². The molecular weight excluding hydrogens is 1330 g/mol. The van der Waals surface area contributed by atoms with Crippen LogP contribution in [0.4, 0.5) is 0 Å². The van der Waals surface area contributed by atoms with E-state index in [1.54, 1.807) is 0 Å². The Morgan fingerprint density at radius 3 is 0.853 bits per heavy atom. The first-order valence-corrected chi connectivity index (χ1v) is 43.1. The summed E-state index contributed by atoms with van der Waals surface area (Å²) in [7, 11) is -9.98. The number of phosphoric ester groups is 2. The average molecular weight is 1480 g/mol. The maximum absolute atomic E-state index is 13.1. The fourth-order valence-electron chi connectivity index (χ4n) is 10.6. The molecule has 0 amide bonds. The van der Waals surface area contributed by atoms with Gasteiger partial charge in [0.05, 0.1) is 26.4 Å². The molecular formula is C83H144O17P2. The van der Waals surface area contributed by atoms with E-state index >= 15 is 0 Å². The van der Waals surface area contributed by atoms with E-state index in [2.05, 4.69) is 119 Å². The highest BCUT2D eigenvalue weighted by Crippen LogP contribution is 2.45. The quantitative estimate of drug-likeness (QED) is 0.0169. The van der Waals surface area contributed by atoms with Crippen LogP contribution in [-0.2, 0) is 65.4 Å². The third-order valence-electron chi connectivity index (χ3n) is 16.7. The van der Waals surface area contributed by atoms with Gasteiger partial charge in [-0.15, -0.1) is 0 Å². The molecule has 2 unspecified atom stereocenters. The van der Waals surface area contributed by atoms with Crippen molar-refractivity contribution in [3.8, 4) is 0 Å². The molecule has 3 N–H and O–H groups in total. The normalized spacial score (nSPS) is 14.5. The number of aliphatic hydroxyl groups excluding tert-OH is 1. The van der Waals surface area contributed by atoms with Crippen LogP contribution >= 0.6 is 15.6 Å². The molecule has 0 aliphatic carbocycles. The third kappa shape index (κ3) is 74.0. The molecule has 0 aromatic heterocycles. The summed E-state index contributed by atoms with van der Waals surface area (Å²) < 4.78 is 68.5. The molecule has 0 saturated heterocycles. The third-order valence-corrected chi connectivity index (χ3v) is 18.6. The zero-order chi connectivity index (χ0) is 74.6. The Kier molecular flexibility index (Phi) is 71.8. The van der Waals surface area contributed by atoms with E-state index in [0.29, 0.717) is 32.1 Å². The second kappa shape index (κ2) is 75.0. The van der Waals surface area contributed by atoms with Gasteiger partial charge >= 0.3 is 39.5 Å². The van der Waals surface area contributed by atoms with E-state index in [9.17, 15) is 43.2 Å². The second-order valence-electron chi connectivity index (χ2n) is 26.6. The molecule has 0 fully saturated rings. The minimum absolute atomic E-state index is 0.0347. The van der Waals surface area contributed by atoms with Crippen LogP contribution in [0, 0.1) is 0 Å². The number of allylic oxidation sites excluding steroid dienone is 18. The average Bonchev–Trinajstić information content (AvgIpc) is 0.924. The molecule has 0 radical (unpaired) electrons. The van der Waals surface area contributed by atoms with Crippen LogP contribution in [0.3, 0.4) is 0 Å². The van der Waals surface area contributed by atoms with Crippen LogP contribution in [0.15, 0.2) is 109 Å². The summed E-state index contributed by atoms with van der Waals surface area (Å²) in [6.45, 7) is 4.65. The van der Waals surface area contributed by atoms with Crippen molar-refractivity contribution < 1.29 is 80.2 Å². The molecule has 0 aromatic carbocycles. The molecule has 588 valence electrons. The first kappa shape index (κ1) is 97.7. The predicted octanol–water partition coefficient (Wildman–Crippen LogP) is 23.3. The molecule has 0 rings (SSSR count). The number of ether oxygens (including phenoxy) is 4. The first-order valence-electron chi connectivity index (χ1n) is 40.1. The molecule has 0 bridgehead atoms. The Morgan fingerprint density at radius 2 is 0.529 bits per heavy atom. The maximum atomic E-state index is 13.1. The fraction of sp³-hybridized carbons (Fsp3) is 0.735. The van der Waals surface area contributed by atoms with Gasteiger partial charge < -0.3 is 33.8 Å². The molecule has 0 aliphatic rings. The van der Waals surface area contributed by atoms with Crippen LogP contribution in [0.25, 0.3) is 0 Å². The number of unbranched alkanes of at least 4 members (excludes halogenated alkanes) is 31. The van der Waals surface area contributed by atoms with E-state index in [1.807, 2.05) is 18.2 Å². The van der Waals surface area contributed by atoms with Crippen LogP contribution in [0.2, 0.25) is 0 Å². The fourth-order valence-corrected chi connectivity index (χ4v) is 12.2. The van der Waals surface area contributed by atoms with Gasteiger partial charge in [0.1, 0.15) is 19.3 Å². The van der Waals surface area contributed by atoms with Gasteiger partial charge in [0, 0.05) is 25.7 Å². The van der Waals surface area contributed by atoms with Crippen LogP contribution in [0.5, 0.6) is 0 Å². The SMILES string of the molecule is CC/C=C\C/C=C\C/C=C\C/C=C\C/C=C\C/C=C\CCC(=O)OC[C@H](COP(=O)(O)OC[C@@H](O)COP(=O)(O)OC[C@@H](COC(=O)CCCCCCC/C=C\CCCCCCCC)OC(=O)CCCCCCC/C=C\CCCCCC)OC(=O)CCCCCCCCC/C=C\CCCCCC. The van der Waals surface area contributed by atoms with Crippen molar-refractivity contribution >= 4 is 39.5 Å². The summed E-state index contributed by atoms with van der Waals surface area (Å²) in [5.74, 6) is -2.28. The number of hydrogen-bond donors (Lipinski definition) is 3. The van der Waals surface area contributed by atoms with Gasteiger partial charge in [0.15, 0.2) is 12.2 Å². The summed E-state index contributed by atoms with van der Waals surface area (Å²) in [6.07, 6.45) is 80.8. The molecule has 0 aliphatic heterocycles. The Morgan fingerprint density at radius 1 is 0.284 bits per heavy atom. The summed E-state index contributed by atoms with van der Waals surface area (Å²) in [4.78, 5) is 72.9. The number of aliphatic hydroxyl groups is 1. The minimum atomic E-state index is -4.99. The second-order valence-corrected chi connectivity index (χ2v) is 29.5. The maximum Gasteiger partial charge on any atom is 0.472 e. The van der Waals surface area contributed by atoms with Crippen molar-refractivity contribution in [1.82, 2.24) is 0 Å². The lowest BCUT2D eigenvalue weighted by Crippen LogP contribution is -2.30. The number of rotatable bonds is 75. The molecule has 17 nitrogen and oxygen atoms in total. The lowest BCUT2D eigenvalue weighted by Gasteiger charge is -2.21. The molecule has 0 heterocycles. The summed E-state index contributed by atoms with van der Waals surface area (Å²) in [5, 5.41) is 10.6. The lowest BCUT2D eigenvalue weighted by atomic mass is 10.1. The molecule has 5 atom stereocenters. The van der Waals surface area contributed by atoms with Crippen molar-refractivity contribution in [2.45, 2.75) is 354 Å². The smallest absolute Gasteiger partial charge is 0.462 e. The van der Waals surface area contributed by atoms with Gasteiger partial charge in [-0.25, -0.2) is 9.13 Å². The highest BCUT2D eigenvalue weighted by molar-refractivity contribution is 7.47. The largest absolute Gasteiger partial charge is 0.472 e. The van der Waals surface area contributed by atoms with Crippen molar-refractivity contribution in [3.05, 3.63) is 109 Å². The van der Waals surface area contributed by atoms with E-state index in [1.165, 1.54) is 89.9 Å². The van der Waals surface area contributed by atoms with Crippen molar-refractivity contribution in [2.24, 2.45) is 0 Å². The van der Waals surface area contributed by atoms with Gasteiger partial charge in [-0.2, -0.15) is 0 Å². The van der Waals surface area contributed by atoms with Gasteiger partial charge in [-0.3, -0.25) is 37.3 Å². The Hall–Kier alpha value is -4.28. The van der Waals surface area contributed by atoms with Crippen molar-refractivity contribution in [1.29, 1.82) is 0 Å². The van der Waals surface area contributed by atoms with Crippen LogP contribution in [-0.4, -0.2) is 96.7 Å². The topological polar surface area (TPSA) is 237 Å². The van der Waals surface area contributed by atoms with Crippen molar-refractivity contribution in [3.63, 3.8) is 0 Å². The van der Waals surface area contributed by atoms with Gasteiger partial charge in [0.2, 0.25) is 0 Å². The number of carbonyl (C=O) groups excluding carboxylic acids is 4. The highest BCUT2D eigenvalue weighted by atomic mass is 31.2. The molecule has 0 aromatic rings. The molecule has 102 heavy (non-hydrogen) atoms. The summed E-state index contributed by atoms with van der Waals surface area (Å²) in [5.41, 5.74) is 0. The lowest BCUT2D eigenvalue weighted by molar-refractivity contribution is -0.161. The first-order chi connectivity index (χ1) is 49.7. The molecule has 0 saturated carbocycles. The van der Waals surface area contributed by atoms with Crippen molar-refractivity contribution in [2.75, 3.05) is 39.6 Å². The predicted molar refractivity (Wildman–Crippen MR) is 418 cm³/mol. The van der Waals surface area contributed by atoms with E-state index in [4.69, 9.17) is 37.0 Å². The van der Waals surface area contributed by atoms with Crippen LogP contribution in [0.1, 0.15) is 336 Å². The van der Waals surface area contributed by atoms with Gasteiger partial charge in [0.25, 0.3) is 0 Å². The van der Waals surface area contributed by atoms with Gasteiger partial charge in [-0.1, -0.05) is 278 Å². The van der Waals surface area contributed by atoms with E-state index in [-0.39, 0.29) is 25.7 Å². The molecule has 19 heteroatoms. The summed E-state index contributed by atoms with van der Waals surface area (Å²) in [6, 6.07) is 0. The Bertz CT molecular complexity index is 2360. The Balaban J connectivity index is 5.41. The molecule has 0 spiro atoms. The monoisotopic (exact) mass is 1470 g/mol. The zero-order valence-corrected chi connectivity index (χ0v) is 66.0. The summed E-state index contributed by atoms with van der Waals surface area (Å²) >= 11 is 0. The minimum Gasteiger partial charge on any atom is -0.462 e. The highest BCUT2D eigenvalue weighted by Gasteiger charge is 2.30. The van der Waals surface area contributed by atoms with E-state index in [0.717, 1.165) is 161 Å². The van der Waals surface area contributed by atoms with E-state index < -0.39 is 97.5 Å².